The van der Waals surface area contributed by atoms with Gasteiger partial charge in [0, 0.05) is 11.8 Å². The van der Waals surface area contributed by atoms with Gasteiger partial charge < -0.3 is 10.1 Å². The maximum absolute atomic E-state index is 12.2. The normalized spacial score (nSPS) is 17.7. The summed E-state index contributed by atoms with van der Waals surface area (Å²) in [6.07, 6.45) is 8.80. The Bertz CT molecular complexity index is 906. The molecule has 29 heavy (non-hydrogen) atoms. The van der Waals surface area contributed by atoms with E-state index >= 15 is 0 Å². The van der Waals surface area contributed by atoms with E-state index in [2.05, 4.69) is 11.0 Å². The van der Waals surface area contributed by atoms with Crippen molar-refractivity contribution in [3.63, 3.8) is 0 Å². The Morgan fingerprint density at radius 3 is 2.83 bits per heavy atom. The quantitative estimate of drug-likeness (QED) is 0.472. The van der Waals surface area contributed by atoms with Gasteiger partial charge in [-0.2, -0.15) is 14.3 Å². The average Bonchev–Trinajstić information content (AvgIpc) is 2.73. The molecular weight excluding hydrogens is 370 g/mol. The number of hydrogen-bond acceptors (Lipinski definition) is 4. The summed E-state index contributed by atoms with van der Waals surface area (Å²) >= 11 is 0. The lowest BCUT2D eigenvalue weighted by atomic mass is 9.98. The molecule has 1 aliphatic heterocycles. The maximum Gasteiger partial charge on any atom is 0.500 e. The Labute approximate surface area is 170 Å². The average molecular weight is 396 g/mol. The number of rotatable bonds is 5. The Morgan fingerprint density at radius 1 is 1.31 bits per heavy atom. The Balaban J connectivity index is 1.62. The third-order valence-electron chi connectivity index (χ3n) is 5.04. The summed E-state index contributed by atoms with van der Waals surface area (Å²) in [6, 6.07) is 7.07. The van der Waals surface area contributed by atoms with Gasteiger partial charge in [0.05, 0.1) is 26.8 Å². The molecule has 0 bridgehead atoms. The zero-order valence-electron chi connectivity index (χ0n) is 16.8. The number of benzene rings is 1. The molecule has 7 heteroatoms. The molecule has 1 saturated carbocycles. The van der Waals surface area contributed by atoms with E-state index in [1.165, 1.54) is 44.1 Å². The first kappa shape index (κ1) is 20.7. The summed E-state index contributed by atoms with van der Waals surface area (Å²) in [5.74, 6) is -0.912. The predicted octanol–water partition coefficient (Wildman–Crippen LogP) is 2.86. The molecule has 0 radical (unpaired) electrons. The van der Waals surface area contributed by atoms with Gasteiger partial charge in [-0.15, -0.1) is 0 Å². The van der Waals surface area contributed by atoms with E-state index in [0.717, 1.165) is 29.4 Å². The fraction of sp³-hybridized carbons (Fsp3) is 0.409. The number of hydrogen-bond donors (Lipinski definition) is 1. The van der Waals surface area contributed by atoms with Gasteiger partial charge in [0.25, 0.3) is 5.91 Å². The second-order valence-corrected chi connectivity index (χ2v) is 7.35. The number of nitrogens with one attached hydrogen (secondary N) is 1. The Hall–Kier alpha value is -3.02. The van der Waals surface area contributed by atoms with Crippen LogP contribution >= 0.6 is 0 Å². The van der Waals surface area contributed by atoms with Gasteiger partial charge in [-0.05, 0) is 30.5 Å². The summed E-state index contributed by atoms with van der Waals surface area (Å²) < 4.78 is 7.25. The second-order valence-electron chi connectivity index (χ2n) is 7.35. The van der Waals surface area contributed by atoms with Crippen LogP contribution in [0.2, 0.25) is 0 Å². The summed E-state index contributed by atoms with van der Waals surface area (Å²) in [6.45, 7) is 0.518. The highest BCUT2D eigenvalue weighted by Gasteiger charge is 2.34. The summed E-state index contributed by atoms with van der Waals surface area (Å²) in [7, 11) is 2.92. The molecule has 0 unspecified atom stereocenters. The van der Waals surface area contributed by atoms with Gasteiger partial charge in [-0.25, -0.2) is 4.79 Å². The molecule has 1 fully saturated rings. The van der Waals surface area contributed by atoms with Crippen molar-refractivity contribution in [2.45, 2.75) is 44.8 Å². The fourth-order valence-electron chi connectivity index (χ4n) is 3.41. The van der Waals surface area contributed by atoms with Gasteiger partial charge >= 0.3 is 11.9 Å². The van der Waals surface area contributed by atoms with Gasteiger partial charge in [0.1, 0.15) is 11.8 Å². The maximum atomic E-state index is 12.2. The lowest BCUT2D eigenvalue weighted by molar-refractivity contribution is -0.397. The number of carbonyl (C=O) groups excluding carboxylic acids is 3. The molecule has 2 aliphatic rings. The molecule has 1 aliphatic carbocycles. The van der Waals surface area contributed by atoms with E-state index in [9.17, 15) is 14.4 Å². The topological polar surface area (TPSA) is 78.7 Å². The molecule has 0 aromatic heterocycles. The van der Waals surface area contributed by atoms with Crippen LogP contribution in [-0.2, 0) is 20.9 Å². The van der Waals surface area contributed by atoms with E-state index in [0.29, 0.717) is 18.4 Å². The van der Waals surface area contributed by atoms with Gasteiger partial charge in [0.15, 0.2) is 0 Å². The lowest BCUT2D eigenvalue weighted by Crippen LogP contribution is -2.44. The molecule has 0 atom stereocenters. The number of urea groups is 1. The number of ether oxygens (including phenoxy) is 1. The SMILES string of the molecule is CN1C(=O)C(=C=CC(=O)Nc2cccc(COC3CCCCC3)c2)C=[N+](C)C1=O. The van der Waals surface area contributed by atoms with Crippen molar-refractivity contribution in [3.05, 3.63) is 47.2 Å². The third-order valence-corrected chi connectivity index (χ3v) is 5.04. The number of carbonyl (C=O) groups is 3. The summed E-state index contributed by atoms with van der Waals surface area (Å²) in [4.78, 5) is 37.0. The minimum absolute atomic E-state index is 0.138. The fourth-order valence-corrected chi connectivity index (χ4v) is 3.41. The highest BCUT2D eigenvalue weighted by molar-refractivity contribution is 6.18. The zero-order valence-corrected chi connectivity index (χ0v) is 16.8. The monoisotopic (exact) mass is 396 g/mol. The number of likely N-dealkylation sites (N-methyl/N-ethyl adjacent to an activating group) is 1. The van der Waals surface area contributed by atoms with Crippen LogP contribution in [0.3, 0.4) is 0 Å². The zero-order chi connectivity index (χ0) is 20.8. The smallest absolute Gasteiger partial charge is 0.374 e. The first-order valence-corrected chi connectivity index (χ1v) is 9.82. The van der Waals surface area contributed by atoms with Crippen LogP contribution in [0.25, 0.3) is 0 Å². The number of amides is 4. The molecule has 1 aromatic rings. The number of anilines is 1. The Kier molecular flexibility index (Phi) is 6.75. The van der Waals surface area contributed by atoms with Crippen molar-refractivity contribution >= 4 is 29.7 Å². The van der Waals surface area contributed by atoms with Crippen LogP contribution in [0.4, 0.5) is 10.5 Å². The van der Waals surface area contributed by atoms with Crippen molar-refractivity contribution in [2.24, 2.45) is 0 Å². The van der Waals surface area contributed by atoms with Crippen molar-refractivity contribution in [1.82, 2.24) is 4.90 Å². The molecular formula is C22H26N3O4+. The van der Waals surface area contributed by atoms with E-state index in [1.807, 2.05) is 18.2 Å². The molecule has 4 amide bonds. The predicted molar refractivity (Wildman–Crippen MR) is 109 cm³/mol. The lowest BCUT2D eigenvalue weighted by Gasteiger charge is -2.22. The van der Waals surface area contributed by atoms with Crippen molar-refractivity contribution in [2.75, 3.05) is 19.4 Å². The molecule has 0 spiro atoms. The van der Waals surface area contributed by atoms with Crippen LogP contribution in [0.15, 0.2) is 41.6 Å². The van der Waals surface area contributed by atoms with Crippen LogP contribution in [-0.4, -0.2) is 53.7 Å². The highest BCUT2D eigenvalue weighted by Crippen LogP contribution is 2.22. The molecule has 1 heterocycles. The van der Waals surface area contributed by atoms with Crippen LogP contribution in [0.1, 0.15) is 37.7 Å². The summed E-state index contributed by atoms with van der Waals surface area (Å²) in [5.41, 5.74) is 4.45. The Morgan fingerprint density at radius 2 is 2.07 bits per heavy atom. The van der Waals surface area contributed by atoms with Crippen LogP contribution in [0, 0.1) is 0 Å². The first-order chi connectivity index (χ1) is 13.9. The summed E-state index contributed by atoms with van der Waals surface area (Å²) in [5, 5.41) is 2.76. The van der Waals surface area contributed by atoms with Gasteiger partial charge in [0.2, 0.25) is 0 Å². The number of imide groups is 1. The van der Waals surface area contributed by atoms with Gasteiger partial charge in [-0.3, -0.25) is 4.79 Å². The third kappa shape index (κ3) is 5.50. The largest absolute Gasteiger partial charge is 0.500 e. The number of nitrogens with zero attached hydrogens (tertiary/aromatic N) is 2. The van der Waals surface area contributed by atoms with E-state index in [-0.39, 0.29) is 5.57 Å². The van der Waals surface area contributed by atoms with Crippen molar-refractivity contribution < 1.29 is 23.7 Å². The standard InChI is InChI=1S/C22H25N3O4/c1-24-14-17(21(27)25(2)22(24)28)11-12-20(26)23-18-8-6-7-16(13-18)15-29-19-9-4-3-5-10-19/h6-8,12-14,19H,3-5,9-10,15H2,1-2H3/p+1. The van der Waals surface area contributed by atoms with Crippen LogP contribution in [0.5, 0.6) is 0 Å². The molecule has 1 N–H and O–H groups in total. The second kappa shape index (κ2) is 9.45. The first-order valence-electron chi connectivity index (χ1n) is 9.82. The molecule has 152 valence electrons. The van der Waals surface area contributed by atoms with E-state index in [4.69, 9.17) is 4.74 Å². The van der Waals surface area contributed by atoms with E-state index in [1.54, 1.807) is 6.07 Å². The minimum Gasteiger partial charge on any atom is -0.374 e. The molecule has 0 saturated heterocycles. The molecule has 7 nitrogen and oxygen atoms in total. The van der Waals surface area contributed by atoms with Crippen molar-refractivity contribution in [1.29, 1.82) is 0 Å². The minimum atomic E-state index is -0.501. The van der Waals surface area contributed by atoms with Crippen molar-refractivity contribution in [3.8, 4) is 0 Å². The van der Waals surface area contributed by atoms with E-state index < -0.39 is 17.8 Å². The van der Waals surface area contributed by atoms with Crippen LogP contribution < -0.4 is 5.32 Å². The highest BCUT2D eigenvalue weighted by atomic mass is 16.5. The van der Waals surface area contributed by atoms with Gasteiger partial charge in [-0.1, -0.05) is 37.1 Å². The molecule has 3 rings (SSSR count). The molecule has 1 aromatic carbocycles.